The minimum absolute atomic E-state index is 0.0460. The summed E-state index contributed by atoms with van der Waals surface area (Å²) in [4.78, 5) is 27.8. The molecule has 1 fully saturated rings. The smallest absolute Gasteiger partial charge is 0.274 e. The van der Waals surface area contributed by atoms with Gasteiger partial charge in [0.15, 0.2) is 0 Å². The first-order valence-corrected chi connectivity index (χ1v) is 10.5. The van der Waals surface area contributed by atoms with E-state index in [9.17, 15) is 9.59 Å². The fraction of sp³-hybridized carbons (Fsp3) is 0.375. The average Bonchev–Trinajstić information content (AvgIpc) is 3.03. The van der Waals surface area contributed by atoms with Crippen molar-refractivity contribution in [2.45, 2.75) is 38.1 Å². The molecule has 0 N–H and O–H groups in total. The van der Waals surface area contributed by atoms with E-state index >= 15 is 0 Å². The van der Waals surface area contributed by atoms with Crippen LogP contribution in [0.4, 0.5) is 0 Å². The summed E-state index contributed by atoms with van der Waals surface area (Å²) in [5, 5.41) is 5.77. The zero-order chi connectivity index (χ0) is 21.1. The molecule has 0 aliphatic carbocycles. The summed E-state index contributed by atoms with van der Waals surface area (Å²) in [6.07, 6.45) is 4.35. The molecular formula is C24H27N3O3. The van der Waals surface area contributed by atoms with Crippen molar-refractivity contribution in [1.29, 1.82) is 0 Å². The molecule has 6 heteroatoms. The molecule has 30 heavy (non-hydrogen) atoms. The molecule has 1 atom stereocenters. The van der Waals surface area contributed by atoms with Crippen LogP contribution in [0, 0.1) is 0 Å². The number of carbonyl (C=O) groups is 1. The molecule has 2 heterocycles. The molecule has 2 aromatic carbocycles. The number of fused-ring (bicyclic) bond motifs is 1. The number of hydrogen-bond donors (Lipinski definition) is 0. The monoisotopic (exact) mass is 405 g/mol. The third-order valence-corrected chi connectivity index (χ3v) is 5.93. The van der Waals surface area contributed by atoms with Gasteiger partial charge in [-0.25, -0.2) is 4.68 Å². The minimum atomic E-state index is -0.146. The van der Waals surface area contributed by atoms with E-state index in [0.717, 1.165) is 48.9 Å². The zero-order valence-electron chi connectivity index (χ0n) is 17.5. The third-order valence-electron chi connectivity index (χ3n) is 5.93. The molecule has 1 aromatic heterocycles. The summed E-state index contributed by atoms with van der Waals surface area (Å²) in [6, 6.07) is 15.4. The van der Waals surface area contributed by atoms with Gasteiger partial charge in [0.25, 0.3) is 5.56 Å². The molecule has 0 spiro atoms. The van der Waals surface area contributed by atoms with Crippen molar-refractivity contribution in [3.63, 3.8) is 0 Å². The second-order valence-electron chi connectivity index (χ2n) is 7.82. The molecule has 0 saturated carbocycles. The number of hydrogen-bond acceptors (Lipinski definition) is 4. The molecule has 0 unspecified atom stereocenters. The molecule has 1 aliphatic heterocycles. The van der Waals surface area contributed by atoms with Crippen LogP contribution < -0.4 is 10.3 Å². The lowest BCUT2D eigenvalue weighted by atomic mass is 10.00. The topological polar surface area (TPSA) is 64.4 Å². The highest BCUT2D eigenvalue weighted by Gasteiger charge is 2.27. The van der Waals surface area contributed by atoms with Gasteiger partial charge in [-0.05, 0) is 36.6 Å². The van der Waals surface area contributed by atoms with Crippen LogP contribution in [0.15, 0.2) is 53.3 Å². The van der Waals surface area contributed by atoms with Crippen molar-refractivity contribution in [3.05, 3.63) is 70.1 Å². The van der Waals surface area contributed by atoms with E-state index in [1.165, 1.54) is 4.68 Å². The van der Waals surface area contributed by atoms with Gasteiger partial charge in [0.05, 0.1) is 30.7 Å². The first-order valence-electron chi connectivity index (χ1n) is 10.5. The van der Waals surface area contributed by atoms with Gasteiger partial charge in [-0.3, -0.25) is 9.59 Å². The Kier molecular flexibility index (Phi) is 5.84. The average molecular weight is 405 g/mol. The number of aryl methyl sites for hydroxylation is 1. The highest BCUT2D eigenvalue weighted by Crippen LogP contribution is 2.32. The Hall–Kier alpha value is -3.15. The Morgan fingerprint density at radius 1 is 1.07 bits per heavy atom. The number of methoxy groups -OCH3 is 1. The Labute approximate surface area is 176 Å². The molecule has 1 saturated heterocycles. The molecule has 1 aliphatic rings. The Morgan fingerprint density at radius 2 is 1.80 bits per heavy atom. The van der Waals surface area contributed by atoms with E-state index in [2.05, 4.69) is 17.2 Å². The van der Waals surface area contributed by atoms with E-state index in [-0.39, 0.29) is 23.9 Å². The fourth-order valence-electron chi connectivity index (χ4n) is 4.33. The summed E-state index contributed by atoms with van der Waals surface area (Å²) < 4.78 is 6.61. The number of likely N-dealkylation sites (tertiary alicyclic amines) is 1. The van der Waals surface area contributed by atoms with E-state index in [1.807, 2.05) is 35.2 Å². The number of rotatable bonds is 4. The van der Waals surface area contributed by atoms with E-state index in [1.54, 1.807) is 20.2 Å². The maximum atomic E-state index is 13.4. The fourth-order valence-corrected chi connectivity index (χ4v) is 4.33. The Bertz CT molecular complexity index is 1100. The number of amides is 1. The van der Waals surface area contributed by atoms with Gasteiger partial charge in [0, 0.05) is 19.0 Å². The third kappa shape index (κ3) is 3.95. The number of nitrogens with zero attached hydrogens (tertiary/aromatic N) is 3. The van der Waals surface area contributed by atoms with Gasteiger partial charge in [0.2, 0.25) is 5.91 Å². The van der Waals surface area contributed by atoms with Crippen molar-refractivity contribution in [2.24, 2.45) is 7.05 Å². The van der Waals surface area contributed by atoms with Gasteiger partial charge in [0.1, 0.15) is 5.75 Å². The van der Waals surface area contributed by atoms with Crippen molar-refractivity contribution in [3.8, 4) is 5.75 Å². The number of benzene rings is 2. The minimum Gasteiger partial charge on any atom is -0.497 e. The Morgan fingerprint density at radius 3 is 2.53 bits per heavy atom. The summed E-state index contributed by atoms with van der Waals surface area (Å²) in [5.74, 6) is 0.861. The first kappa shape index (κ1) is 20.1. The second-order valence-corrected chi connectivity index (χ2v) is 7.82. The van der Waals surface area contributed by atoms with Crippen LogP contribution in [-0.4, -0.2) is 34.2 Å². The largest absolute Gasteiger partial charge is 0.497 e. The molecule has 156 valence electrons. The van der Waals surface area contributed by atoms with Crippen LogP contribution in [0.5, 0.6) is 5.75 Å². The maximum Gasteiger partial charge on any atom is 0.274 e. The van der Waals surface area contributed by atoms with Crippen LogP contribution >= 0.6 is 0 Å². The van der Waals surface area contributed by atoms with Crippen LogP contribution in [0.25, 0.3) is 10.8 Å². The predicted octanol–water partition coefficient (Wildman–Crippen LogP) is 3.63. The predicted molar refractivity (Wildman–Crippen MR) is 117 cm³/mol. The summed E-state index contributed by atoms with van der Waals surface area (Å²) >= 11 is 0. The summed E-state index contributed by atoms with van der Waals surface area (Å²) in [7, 11) is 3.29. The molecule has 1 amide bonds. The quantitative estimate of drug-likeness (QED) is 0.665. The van der Waals surface area contributed by atoms with Gasteiger partial charge in [-0.1, -0.05) is 43.2 Å². The number of ether oxygens (including phenoxy) is 1. The summed E-state index contributed by atoms with van der Waals surface area (Å²) in [6.45, 7) is 0.735. The SMILES string of the molecule is COc1ccc([C@H]2CCCCCN2C(=O)Cc2nn(C)c(=O)c3ccccc23)cc1. The van der Waals surface area contributed by atoms with Crippen LogP contribution in [0.1, 0.15) is 43.0 Å². The van der Waals surface area contributed by atoms with Crippen molar-refractivity contribution in [1.82, 2.24) is 14.7 Å². The van der Waals surface area contributed by atoms with Crippen molar-refractivity contribution < 1.29 is 9.53 Å². The maximum absolute atomic E-state index is 13.4. The van der Waals surface area contributed by atoms with Crippen LogP contribution in [0.2, 0.25) is 0 Å². The second kappa shape index (κ2) is 8.69. The van der Waals surface area contributed by atoms with Gasteiger partial charge in [-0.2, -0.15) is 5.10 Å². The molecule has 3 aromatic rings. The zero-order valence-corrected chi connectivity index (χ0v) is 17.5. The van der Waals surface area contributed by atoms with Crippen LogP contribution in [-0.2, 0) is 18.3 Å². The lowest BCUT2D eigenvalue weighted by molar-refractivity contribution is -0.133. The van der Waals surface area contributed by atoms with Crippen molar-refractivity contribution >= 4 is 16.7 Å². The van der Waals surface area contributed by atoms with E-state index in [0.29, 0.717) is 11.1 Å². The van der Waals surface area contributed by atoms with Gasteiger partial charge >= 0.3 is 0 Å². The lowest BCUT2D eigenvalue weighted by Crippen LogP contribution is -2.36. The molecule has 0 bridgehead atoms. The standard InChI is InChI=1S/C24H27N3O3/c1-26-24(29)20-9-6-5-8-19(20)21(25-26)16-23(28)27-15-7-3-4-10-22(27)17-11-13-18(30-2)14-12-17/h5-6,8-9,11-14,22H,3-4,7,10,15-16H2,1-2H3/t22-/m1/s1. The first-order chi connectivity index (χ1) is 14.6. The lowest BCUT2D eigenvalue weighted by Gasteiger charge is -2.31. The normalized spacial score (nSPS) is 17.0. The molecular weight excluding hydrogens is 378 g/mol. The van der Waals surface area contributed by atoms with Crippen LogP contribution in [0.3, 0.4) is 0 Å². The van der Waals surface area contributed by atoms with Gasteiger partial charge < -0.3 is 9.64 Å². The number of aromatic nitrogens is 2. The van der Waals surface area contributed by atoms with Crippen molar-refractivity contribution in [2.75, 3.05) is 13.7 Å². The highest BCUT2D eigenvalue weighted by molar-refractivity contribution is 5.88. The van der Waals surface area contributed by atoms with E-state index < -0.39 is 0 Å². The number of carbonyl (C=O) groups excluding carboxylic acids is 1. The Balaban J connectivity index is 1.66. The van der Waals surface area contributed by atoms with E-state index in [4.69, 9.17) is 4.74 Å². The highest BCUT2D eigenvalue weighted by atomic mass is 16.5. The molecule has 4 rings (SSSR count). The molecule has 0 radical (unpaired) electrons. The summed E-state index contributed by atoms with van der Waals surface area (Å²) in [5.41, 5.74) is 1.63. The van der Waals surface area contributed by atoms with Gasteiger partial charge in [-0.15, -0.1) is 0 Å². The molecule has 6 nitrogen and oxygen atoms in total.